The van der Waals surface area contributed by atoms with E-state index in [1.54, 1.807) is 11.8 Å². The van der Waals surface area contributed by atoms with Gasteiger partial charge in [0, 0.05) is 18.0 Å². The van der Waals surface area contributed by atoms with Crippen LogP contribution in [0.3, 0.4) is 0 Å². The van der Waals surface area contributed by atoms with E-state index in [1.165, 1.54) is 11.3 Å². The Hall–Kier alpha value is -0.910. The number of β-amino-alcohol motifs (C(OH)–C–C–N with tert-alkyl or cyclic N) is 1. The van der Waals surface area contributed by atoms with Gasteiger partial charge in [-0.3, -0.25) is 4.79 Å². The molecule has 88 valence electrons. The van der Waals surface area contributed by atoms with E-state index in [0.29, 0.717) is 19.5 Å². The van der Waals surface area contributed by atoms with Crippen molar-refractivity contribution in [3.63, 3.8) is 0 Å². The molecule has 1 aromatic rings. The smallest absolute Gasteiger partial charge is 0.245 e. The highest BCUT2D eigenvalue weighted by Gasteiger charge is 2.36. The molecule has 5 heteroatoms. The third-order valence-corrected chi connectivity index (χ3v) is 3.83. The Morgan fingerprint density at radius 2 is 2.50 bits per heavy atom. The average Bonchev–Trinajstić information content (AvgIpc) is 2.84. The number of aliphatic hydroxyl groups is 1. The zero-order chi connectivity index (χ0) is 11.8. The highest BCUT2D eigenvalue weighted by atomic mass is 32.1. The molecule has 2 unspecified atom stereocenters. The molecule has 0 bridgehead atoms. The zero-order valence-corrected chi connectivity index (χ0v) is 10.0. The van der Waals surface area contributed by atoms with Gasteiger partial charge in [0.2, 0.25) is 5.91 Å². The summed E-state index contributed by atoms with van der Waals surface area (Å²) >= 11 is 1.48. The fourth-order valence-electron chi connectivity index (χ4n) is 1.92. The SMILES string of the molecule is CC1(O)CCN(C(=O)C(N)c2cccs2)C1. The molecule has 3 N–H and O–H groups in total. The Morgan fingerprint density at radius 1 is 1.75 bits per heavy atom. The minimum absolute atomic E-state index is 0.0970. The fraction of sp³-hybridized carbons (Fsp3) is 0.545. The van der Waals surface area contributed by atoms with Gasteiger partial charge >= 0.3 is 0 Å². The second kappa shape index (κ2) is 4.16. The molecule has 1 saturated heterocycles. The lowest BCUT2D eigenvalue weighted by Gasteiger charge is -2.21. The summed E-state index contributed by atoms with van der Waals surface area (Å²) in [5.41, 5.74) is 5.13. The van der Waals surface area contributed by atoms with E-state index in [0.717, 1.165) is 4.88 Å². The van der Waals surface area contributed by atoms with Crippen molar-refractivity contribution in [2.45, 2.75) is 25.0 Å². The van der Waals surface area contributed by atoms with E-state index in [4.69, 9.17) is 5.73 Å². The van der Waals surface area contributed by atoms with Crippen LogP contribution in [0, 0.1) is 0 Å². The second-order valence-electron chi connectivity index (χ2n) is 4.50. The number of hydrogen-bond acceptors (Lipinski definition) is 4. The number of nitrogens with two attached hydrogens (primary N) is 1. The summed E-state index contributed by atoms with van der Waals surface area (Å²) in [4.78, 5) is 14.5. The summed E-state index contributed by atoms with van der Waals surface area (Å²) in [6.45, 7) is 2.72. The summed E-state index contributed by atoms with van der Waals surface area (Å²) in [6.07, 6.45) is 0.621. The van der Waals surface area contributed by atoms with E-state index in [1.807, 2.05) is 17.5 Å². The molecule has 1 fully saturated rings. The topological polar surface area (TPSA) is 66.6 Å². The molecular weight excluding hydrogens is 224 g/mol. The largest absolute Gasteiger partial charge is 0.388 e. The van der Waals surface area contributed by atoms with E-state index < -0.39 is 11.6 Å². The van der Waals surface area contributed by atoms with Crippen LogP contribution in [0.1, 0.15) is 24.3 Å². The first-order chi connectivity index (χ1) is 7.49. The van der Waals surface area contributed by atoms with Gasteiger partial charge in [0.25, 0.3) is 0 Å². The lowest BCUT2D eigenvalue weighted by atomic mass is 10.1. The minimum Gasteiger partial charge on any atom is -0.388 e. The standard InChI is InChI=1S/C11H16N2O2S/c1-11(15)4-5-13(7-11)10(14)9(12)8-3-2-6-16-8/h2-3,6,9,15H,4-5,7,12H2,1H3. The number of amides is 1. The molecule has 0 aliphatic carbocycles. The van der Waals surface area contributed by atoms with E-state index in [9.17, 15) is 9.90 Å². The number of likely N-dealkylation sites (tertiary alicyclic amines) is 1. The van der Waals surface area contributed by atoms with Gasteiger partial charge in [-0.05, 0) is 24.8 Å². The van der Waals surface area contributed by atoms with Gasteiger partial charge < -0.3 is 15.7 Å². The Morgan fingerprint density at radius 3 is 3.00 bits per heavy atom. The zero-order valence-electron chi connectivity index (χ0n) is 9.22. The van der Waals surface area contributed by atoms with Crippen LogP contribution in [0.5, 0.6) is 0 Å². The van der Waals surface area contributed by atoms with Gasteiger partial charge in [0.05, 0.1) is 5.60 Å². The van der Waals surface area contributed by atoms with Gasteiger partial charge in [-0.25, -0.2) is 0 Å². The summed E-state index contributed by atoms with van der Waals surface area (Å²) in [5, 5.41) is 11.7. The Balaban J connectivity index is 2.04. The summed E-state index contributed by atoms with van der Waals surface area (Å²) in [6, 6.07) is 3.16. The van der Waals surface area contributed by atoms with Crippen LogP contribution in [-0.4, -0.2) is 34.6 Å². The molecule has 1 aliphatic rings. The second-order valence-corrected chi connectivity index (χ2v) is 5.48. The molecule has 1 aliphatic heterocycles. The molecule has 2 heterocycles. The molecule has 16 heavy (non-hydrogen) atoms. The van der Waals surface area contributed by atoms with Gasteiger partial charge in [0.1, 0.15) is 6.04 Å². The predicted molar refractivity (Wildman–Crippen MR) is 63.1 cm³/mol. The summed E-state index contributed by atoms with van der Waals surface area (Å²) < 4.78 is 0. The first kappa shape index (κ1) is 11.6. The predicted octanol–water partition coefficient (Wildman–Crippen LogP) is 0.731. The highest BCUT2D eigenvalue weighted by molar-refractivity contribution is 7.10. The fourth-order valence-corrected chi connectivity index (χ4v) is 2.64. The van der Waals surface area contributed by atoms with Gasteiger partial charge in [-0.1, -0.05) is 6.07 Å². The number of hydrogen-bond donors (Lipinski definition) is 2. The Bertz CT molecular complexity index is 375. The third-order valence-electron chi connectivity index (χ3n) is 2.88. The Kier molecular flexibility index (Phi) is 3.01. The van der Waals surface area contributed by atoms with Gasteiger partial charge in [0.15, 0.2) is 0 Å². The van der Waals surface area contributed by atoms with Crippen molar-refractivity contribution in [2.24, 2.45) is 5.73 Å². The summed E-state index contributed by atoms with van der Waals surface area (Å²) in [5.74, 6) is -0.0970. The molecule has 0 aromatic carbocycles. The first-order valence-electron chi connectivity index (χ1n) is 5.30. The van der Waals surface area contributed by atoms with Crippen molar-refractivity contribution in [3.8, 4) is 0 Å². The quantitative estimate of drug-likeness (QED) is 0.801. The average molecular weight is 240 g/mol. The number of carbonyl (C=O) groups excluding carboxylic acids is 1. The lowest BCUT2D eigenvalue weighted by molar-refractivity contribution is -0.132. The number of rotatable bonds is 2. The van der Waals surface area contributed by atoms with Crippen molar-refractivity contribution in [3.05, 3.63) is 22.4 Å². The molecule has 1 amide bonds. The van der Waals surface area contributed by atoms with Crippen molar-refractivity contribution < 1.29 is 9.90 Å². The molecule has 0 radical (unpaired) electrons. The van der Waals surface area contributed by atoms with Crippen LogP contribution in [0.2, 0.25) is 0 Å². The molecule has 1 aromatic heterocycles. The van der Waals surface area contributed by atoms with Crippen LogP contribution < -0.4 is 5.73 Å². The van der Waals surface area contributed by atoms with Crippen LogP contribution in [0.25, 0.3) is 0 Å². The van der Waals surface area contributed by atoms with Crippen LogP contribution >= 0.6 is 11.3 Å². The van der Waals surface area contributed by atoms with Gasteiger partial charge in [-0.2, -0.15) is 0 Å². The monoisotopic (exact) mass is 240 g/mol. The van der Waals surface area contributed by atoms with Crippen molar-refractivity contribution in [1.29, 1.82) is 0 Å². The van der Waals surface area contributed by atoms with Crippen molar-refractivity contribution in [2.75, 3.05) is 13.1 Å². The van der Waals surface area contributed by atoms with Crippen LogP contribution in [-0.2, 0) is 4.79 Å². The van der Waals surface area contributed by atoms with Gasteiger partial charge in [-0.15, -0.1) is 11.3 Å². The molecule has 0 saturated carbocycles. The highest BCUT2D eigenvalue weighted by Crippen LogP contribution is 2.25. The van der Waals surface area contributed by atoms with Crippen LogP contribution in [0.15, 0.2) is 17.5 Å². The number of carbonyl (C=O) groups is 1. The van der Waals surface area contributed by atoms with E-state index in [-0.39, 0.29) is 5.91 Å². The molecule has 0 spiro atoms. The maximum atomic E-state index is 12.0. The Labute approximate surface area is 98.7 Å². The number of nitrogens with zero attached hydrogens (tertiary/aromatic N) is 1. The maximum absolute atomic E-state index is 12.0. The third kappa shape index (κ3) is 2.26. The lowest BCUT2D eigenvalue weighted by Crippen LogP contribution is -2.39. The number of thiophene rings is 1. The normalized spacial score (nSPS) is 27.1. The van der Waals surface area contributed by atoms with E-state index >= 15 is 0 Å². The van der Waals surface area contributed by atoms with E-state index in [2.05, 4.69) is 0 Å². The summed E-state index contributed by atoms with van der Waals surface area (Å²) in [7, 11) is 0. The first-order valence-corrected chi connectivity index (χ1v) is 6.18. The van der Waals surface area contributed by atoms with Crippen molar-refractivity contribution >= 4 is 17.2 Å². The molecule has 4 nitrogen and oxygen atoms in total. The van der Waals surface area contributed by atoms with Crippen LogP contribution in [0.4, 0.5) is 0 Å². The molecule has 2 rings (SSSR count). The minimum atomic E-state index is -0.759. The molecule has 2 atom stereocenters. The molecular formula is C11H16N2O2S. The van der Waals surface area contributed by atoms with Crippen molar-refractivity contribution in [1.82, 2.24) is 4.90 Å². The maximum Gasteiger partial charge on any atom is 0.245 e.